The Balaban J connectivity index is 2.80. The molecular weight excluding hydrogens is 248 g/mol. The maximum absolute atomic E-state index is 11.3. The molecule has 6 heteroatoms. The molecule has 0 aliphatic heterocycles. The number of hydrogen-bond acceptors (Lipinski definition) is 5. The van der Waals surface area contributed by atoms with Gasteiger partial charge in [-0.2, -0.15) is 0 Å². The molecule has 16 heavy (non-hydrogen) atoms. The van der Waals surface area contributed by atoms with E-state index < -0.39 is 5.97 Å². The lowest BCUT2D eigenvalue weighted by atomic mass is 10.2. The average Bonchev–Trinajstić information content (AvgIpc) is 2.66. The maximum atomic E-state index is 11.3. The molecule has 4 nitrogen and oxygen atoms in total. The van der Waals surface area contributed by atoms with E-state index in [0.29, 0.717) is 16.1 Å². The zero-order chi connectivity index (χ0) is 12.1. The number of aromatic nitrogens is 1. The van der Waals surface area contributed by atoms with E-state index in [1.165, 1.54) is 18.4 Å². The van der Waals surface area contributed by atoms with Gasteiger partial charge in [-0.25, -0.2) is 9.78 Å². The van der Waals surface area contributed by atoms with Crippen LogP contribution >= 0.6 is 22.9 Å². The first kappa shape index (κ1) is 13.3. The fourth-order valence-electron chi connectivity index (χ4n) is 1.25. The standard InChI is InChI=1S/C10H15ClN2O2S/c1-4-6(5-2)12-10-13-8(11)7(16-10)9(14)15-3/h6H,4-5H2,1-3H3,(H,12,13). The van der Waals surface area contributed by atoms with Crippen LogP contribution in [0, 0.1) is 0 Å². The van der Waals surface area contributed by atoms with Gasteiger partial charge in [-0.05, 0) is 12.8 Å². The smallest absolute Gasteiger partial charge is 0.351 e. The van der Waals surface area contributed by atoms with Crippen molar-refractivity contribution < 1.29 is 9.53 Å². The highest BCUT2D eigenvalue weighted by Gasteiger charge is 2.18. The number of carbonyl (C=O) groups excluding carboxylic acids is 1. The van der Waals surface area contributed by atoms with Crippen LogP contribution < -0.4 is 5.32 Å². The van der Waals surface area contributed by atoms with E-state index in [2.05, 4.69) is 28.9 Å². The zero-order valence-corrected chi connectivity index (χ0v) is 11.1. The number of rotatable bonds is 5. The summed E-state index contributed by atoms with van der Waals surface area (Å²) in [6, 6.07) is 0.354. The van der Waals surface area contributed by atoms with Gasteiger partial charge in [0.15, 0.2) is 15.2 Å². The van der Waals surface area contributed by atoms with Gasteiger partial charge in [-0.3, -0.25) is 0 Å². The number of thiazole rings is 1. The van der Waals surface area contributed by atoms with E-state index in [9.17, 15) is 4.79 Å². The molecule has 0 fully saturated rings. The summed E-state index contributed by atoms with van der Waals surface area (Å²) in [5, 5.41) is 4.10. The van der Waals surface area contributed by atoms with Crippen LogP contribution in [0.4, 0.5) is 5.13 Å². The lowest BCUT2D eigenvalue weighted by molar-refractivity contribution is 0.0606. The van der Waals surface area contributed by atoms with Crippen LogP contribution in [0.25, 0.3) is 0 Å². The number of halogens is 1. The minimum Gasteiger partial charge on any atom is -0.465 e. The van der Waals surface area contributed by atoms with E-state index in [1.54, 1.807) is 0 Å². The Labute approximate surface area is 104 Å². The van der Waals surface area contributed by atoms with Crippen LogP contribution in [-0.4, -0.2) is 24.1 Å². The topological polar surface area (TPSA) is 51.2 Å². The second kappa shape index (κ2) is 6.06. The van der Waals surface area contributed by atoms with Gasteiger partial charge in [-0.1, -0.05) is 36.8 Å². The van der Waals surface area contributed by atoms with Gasteiger partial charge in [0.25, 0.3) is 0 Å². The van der Waals surface area contributed by atoms with Gasteiger partial charge in [0.05, 0.1) is 7.11 Å². The largest absolute Gasteiger partial charge is 0.465 e. The van der Waals surface area contributed by atoms with Crippen LogP contribution in [0.2, 0.25) is 5.15 Å². The van der Waals surface area contributed by atoms with E-state index in [-0.39, 0.29) is 5.15 Å². The summed E-state index contributed by atoms with van der Waals surface area (Å²) in [7, 11) is 1.33. The number of carbonyl (C=O) groups is 1. The number of methoxy groups -OCH3 is 1. The van der Waals surface area contributed by atoms with E-state index in [4.69, 9.17) is 11.6 Å². The number of esters is 1. The molecular formula is C10H15ClN2O2S. The number of anilines is 1. The number of nitrogens with one attached hydrogen (secondary N) is 1. The fourth-order valence-corrected chi connectivity index (χ4v) is 2.43. The molecule has 1 N–H and O–H groups in total. The summed E-state index contributed by atoms with van der Waals surface area (Å²) in [6.07, 6.45) is 2.00. The number of nitrogens with zero attached hydrogens (tertiary/aromatic N) is 1. The highest BCUT2D eigenvalue weighted by molar-refractivity contribution is 7.18. The molecule has 0 bridgehead atoms. The Morgan fingerprint density at radius 2 is 2.19 bits per heavy atom. The summed E-state index contributed by atoms with van der Waals surface area (Å²) in [5.41, 5.74) is 0. The Bertz CT molecular complexity index is 364. The zero-order valence-electron chi connectivity index (χ0n) is 9.54. The molecule has 1 aromatic heterocycles. The Hall–Kier alpha value is -0.810. The lowest BCUT2D eigenvalue weighted by Crippen LogP contribution is -2.16. The molecule has 0 unspecified atom stereocenters. The van der Waals surface area contributed by atoms with Crippen LogP contribution in [0.3, 0.4) is 0 Å². The minimum atomic E-state index is -0.444. The molecule has 90 valence electrons. The van der Waals surface area contributed by atoms with Crippen molar-refractivity contribution in [1.82, 2.24) is 4.98 Å². The van der Waals surface area contributed by atoms with Crippen molar-refractivity contribution >= 4 is 34.0 Å². The van der Waals surface area contributed by atoms with Gasteiger partial charge in [0.1, 0.15) is 0 Å². The Kier molecular flexibility index (Phi) is 5.02. The van der Waals surface area contributed by atoms with Gasteiger partial charge in [0.2, 0.25) is 0 Å². The van der Waals surface area contributed by atoms with Crippen LogP contribution in [0.15, 0.2) is 0 Å². The monoisotopic (exact) mass is 262 g/mol. The van der Waals surface area contributed by atoms with Crippen LogP contribution in [0.1, 0.15) is 36.4 Å². The van der Waals surface area contributed by atoms with E-state index in [1.807, 2.05) is 0 Å². The third-order valence-electron chi connectivity index (χ3n) is 2.27. The number of ether oxygens (including phenoxy) is 1. The van der Waals surface area contributed by atoms with Crippen molar-refractivity contribution in [1.29, 1.82) is 0 Å². The quantitative estimate of drug-likeness (QED) is 0.828. The first-order chi connectivity index (χ1) is 7.62. The van der Waals surface area contributed by atoms with Gasteiger partial charge in [0, 0.05) is 6.04 Å². The predicted molar refractivity (Wildman–Crippen MR) is 66.5 cm³/mol. The van der Waals surface area contributed by atoms with Crippen molar-refractivity contribution in [2.45, 2.75) is 32.7 Å². The molecule has 0 amide bonds. The maximum Gasteiger partial charge on any atom is 0.351 e. The molecule has 1 aromatic rings. The molecule has 0 atom stereocenters. The van der Waals surface area contributed by atoms with Gasteiger partial charge in [-0.15, -0.1) is 0 Å². The molecule has 0 saturated heterocycles. The van der Waals surface area contributed by atoms with Gasteiger partial charge < -0.3 is 10.1 Å². The normalized spacial score (nSPS) is 10.6. The highest BCUT2D eigenvalue weighted by Crippen LogP contribution is 2.28. The Morgan fingerprint density at radius 1 is 1.56 bits per heavy atom. The van der Waals surface area contributed by atoms with Crippen molar-refractivity contribution in [3.8, 4) is 0 Å². The van der Waals surface area contributed by atoms with Crippen molar-refractivity contribution in [3.63, 3.8) is 0 Å². The molecule has 0 saturated carbocycles. The SMILES string of the molecule is CCC(CC)Nc1nc(Cl)c(C(=O)OC)s1. The lowest BCUT2D eigenvalue weighted by Gasteiger charge is -2.12. The minimum absolute atomic E-state index is 0.199. The molecule has 0 aromatic carbocycles. The van der Waals surface area contributed by atoms with Crippen molar-refractivity contribution in [2.24, 2.45) is 0 Å². The second-order valence-electron chi connectivity index (χ2n) is 3.29. The van der Waals surface area contributed by atoms with E-state index >= 15 is 0 Å². The van der Waals surface area contributed by atoms with Gasteiger partial charge >= 0.3 is 5.97 Å². The second-order valence-corrected chi connectivity index (χ2v) is 4.65. The summed E-state index contributed by atoms with van der Waals surface area (Å²) in [6.45, 7) is 4.19. The Morgan fingerprint density at radius 3 is 2.69 bits per heavy atom. The highest BCUT2D eigenvalue weighted by atomic mass is 35.5. The molecule has 0 spiro atoms. The first-order valence-corrected chi connectivity index (χ1v) is 6.32. The molecule has 0 radical (unpaired) electrons. The summed E-state index contributed by atoms with van der Waals surface area (Å²) in [5.74, 6) is -0.444. The van der Waals surface area contributed by atoms with Crippen LogP contribution in [-0.2, 0) is 4.74 Å². The summed E-state index contributed by atoms with van der Waals surface area (Å²) >= 11 is 7.07. The van der Waals surface area contributed by atoms with Crippen LogP contribution in [0.5, 0.6) is 0 Å². The van der Waals surface area contributed by atoms with E-state index in [0.717, 1.165) is 12.8 Å². The third-order valence-corrected chi connectivity index (χ3v) is 3.62. The molecule has 1 rings (SSSR count). The summed E-state index contributed by atoms with van der Waals surface area (Å²) in [4.78, 5) is 15.7. The molecule has 0 aliphatic carbocycles. The average molecular weight is 263 g/mol. The predicted octanol–water partition coefficient (Wildman–Crippen LogP) is 3.18. The first-order valence-electron chi connectivity index (χ1n) is 5.13. The van der Waals surface area contributed by atoms with Crippen molar-refractivity contribution in [3.05, 3.63) is 10.0 Å². The molecule has 1 heterocycles. The number of hydrogen-bond donors (Lipinski definition) is 1. The van der Waals surface area contributed by atoms with Crippen molar-refractivity contribution in [2.75, 3.05) is 12.4 Å². The third kappa shape index (κ3) is 3.09. The fraction of sp³-hybridized carbons (Fsp3) is 0.600. The summed E-state index contributed by atoms with van der Waals surface area (Å²) < 4.78 is 4.61. The molecule has 0 aliphatic rings.